The molecule has 0 aromatic rings. The molecule has 0 aromatic heterocycles. The number of carboxylic acids is 1. The van der Waals surface area contributed by atoms with Gasteiger partial charge >= 0.3 is 17.9 Å². The lowest BCUT2D eigenvalue weighted by Gasteiger charge is -2.19. The molecule has 0 saturated carbocycles. The Labute approximate surface area is 164 Å². The fraction of sp³-hybridized carbons (Fsp3) is 0.700. The number of carboxylic acid groups (broad SMARTS) is 1. The SMILES string of the molecule is CC1OC(=O)C=CC(=O)C(OC(=O)CCC(=O)O)CCCCCCCCC1O. The summed E-state index contributed by atoms with van der Waals surface area (Å²) in [6.45, 7) is 1.59. The first-order chi connectivity index (χ1) is 13.3. The maximum absolute atomic E-state index is 12.3. The number of aliphatic hydroxyl groups excluding tert-OH is 1. The molecule has 0 spiro atoms. The van der Waals surface area contributed by atoms with Crippen molar-refractivity contribution in [3.63, 3.8) is 0 Å². The zero-order chi connectivity index (χ0) is 20.9. The van der Waals surface area contributed by atoms with Gasteiger partial charge in [-0.05, 0) is 32.3 Å². The Morgan fingerprint density at radius 3 is 2.29 bits per heavy atom. The van der Waals surface area contributed by atoms with Crippen molar-refractivity contribution in [1.29, 1.82) is 0 Å². The summed E-state index contributed by atoms with van der Waals surface area (Å²) in [4.78, 5) is 46.5. The van der Waals surface area contributed by atoms with Crippen LogP contribution in [0.4, 0.5) is 0 Å². The van der Waals surface area contributed by atoms with Gasteiger partial charge in [-0.1, -0.05) is 32.1 Å². The maximum Gasteiger partial charge on any atom is 0.331 e. The second-order valence-corrected chi connectivity index (χ2v) is 7.02. The number of aliphatic hydroxyl groups is 1. The molecule has 1 rings (SSSR count). The molecule has 0 aliphatic carbocycles. The van der Waals surface area contributed by atoms with Crippen LogP contribution in [0.5, 0.6) is 0 Å². The van der Waals surface area contributed by atoms with E-state index in [9.17, 15) is 24.3 Å². The smallest absolute Gasteiger partial charge is 0.331 e. The largest absolute Gasteiger partial charge is 0.481 e. The monoisotopic (exact) mass is 398 g/mol. The van der Waals surface area contributed by atoms with E-state index in [1.54, 1.807) is 6.92 Å². The summed E-state index contributed by atoms with van der Waals surface area (Å²) in [5.41, 5.74) is 0. The highest BCUT2D eigenvalue weighted by Crippen LogP contribution is 2.16. The normalized spacial score (nSPS) is 25.7. The van der Waals surface area contributed by atoms with E-state index in [-0.39, 0.29) is 12.8 Å². The quantitative estimate of drug-likeness (QED) is 0.691. The molecule has 28 heavy (non-hydrogen) atoms. The van der Waals surface area contributed by atoms with Crippen LogP contribution in [0.15, 0.2) is 12.2 Å². The van der Waals surface area contributed by atoms with Crippen LogP contribution in [-0.4, -0.2) is 52.2 Å². The van der Waals surface area contributed by atoms with Crippen molar-refractivity contribution in [2.75, 3.05) is 0 Å². The fourth-order valence-corrected chi connectivity index (χ4v) is 2.87. The van der Waals surface area contributed by atoms with Gasteiger partial charge in [-0.3, -0.25) is 14.4 Å². The number of ether oxygens (including phenoxy) is 2. The van der Waals surface area contributed by atoms with E-state index in [1.165, 1.54) is 0 Å². The third kappa shape index (κ3) is 10.2. The molecule has 8 heteroatoms. The van der Waals surface area contributed by atoms with Crippen molar-refractivity contribution in [2.45, 2.75) is 89.4 Å². The molecule has 0 bridgehead atoms. The van der Waals surface area contributed by atoms with Crippen LogP contribution in [0.3, 0.4) is 0 Å². The number of esters is 2. The summed E-state index contributed by atoms with van der Waals surface area (Å²) in [6.07, 6.45) is 4.88. The minimum Gasteiger partial charge on any atom is -0.481 e. The lowest BCUT2D eigenvalue weighted by Crippen LogP contribution is -2.29. The van der Waals surface area contributed by atoms with Crippen molar-refractivity contribution < 1.29 is 38.9 Å². The molecule has 1 aliphatic heterocycles. The number of cyclic esters (lactones) is 1. The van der Waals surface area contributed by atoms with E-state index in [0.29, 0.717) is 19.3 Å². The Morgan fingerprint density at radius 2 is 1.64 bits per heavy atom. The predicted molar refractivity (Wildman–Crippen MR) is 99.4 cm³/mol. The van der Waals surface area contributed by atoms with E-state index >= 15 is 0 Å². The van der Waals surface area contributed by atoms with Crippen molar-refractivity contribution in [2.24, 2.45) is 0 Å². The van der Waals surface area contributed by atoms with Crippen LogP contribution in [0, 0.1) is 0 Å². The minimum absolute atomic E-state index is 0.312. The number of hydrogen-bond acceptors (Lipinski definition) is 7. The highest BCUT2D eigenvalue weighted by Gasteiger charge is 2.22. The predicted octanol–water partition coefficient (Wildman–Crippen LogP) is 2.32. The van der Waals surface area contributed by atoms with Gasteiger partial charge in [0.1, 0.15) is 6.10 Å². The van der Waals surface area contributed by atoms with Gasteiger partial charge in [0.15, 0.2) is 11.9 Å². The van der Waals surface area contributed by atoms with Gasteiger partial charge in [0.05, 0.1) is 18.9 Å². The lowest BCUT2D eigenvalue weighted by atomic mass is 10.0. The zero-order valence-electron chi connectivity index (χ0n) is 16.3. The number of carbonyl (C=O) groups is 4. The van der Waals surface area contributed by atoms with Gasteiger partial charge in [0, 0.05) is 6.08 Å². The van der Waals surface area contributed by atoms with Crippen LogP contribution >= 0.6 is 0 Å². The Kier molecular flexibility index (Phi) is 11.1. The van der Waals surface area contributed by atoms with Crippen LogP contribution in [0.2, 0.25) is 0 Å². The van der Waals surface area contributed by atoms with Gasteiger partial charge in [0.2, 0.25) is 0 Å². The Hall–Kier alpha value is -2.22. The van der Waals surface area contributed by atoms with Crippen LogP contribution in [0.1, 0.15) is 71.1 Å². The van der Waals surface area contributed by atoms with E-state index in [0.717, 1.165) is 44.3 Å². The van der Waals surface area contributed by atoms with Gasteiger partial charge in [0.25, 0.3) is 0 Å². The standard InChI is InChI=1S/C20H30O8/c1-14-15(21)8-6-4-2-3-5-7-9-17(16(22)10-12-19(25)27-14)28-20(26)13-11-18(23)24/h10,12,14-15,17,21H,2-9,11,13H2,1H3,(H,23,24). The summed E-state index contributed by atoms with van der Waals surface area (Å²) < 4.78 is 10.2. The molecule has 1 heterocycles. The average molecular weight is 398 g/mol. The Bertz CT molecular complexity index is 569. The first kappa shape index (κ1) is 23.8. The highest BCUT2D eigenvalue weighted by atomic mass is 16.6. The molecule has 0 aromatic carbocycles. The molecule has 3 unspecified atom stereocenters. The minimum atomic E-state index is -1.12. The first-order valence-electron chi connectivity index (χ1n) is 9.81. The topological polar surface area (TPSA) is 127 Å². The maximum atomic E-state index is 12.3. The molecule has 0 radical (unpaired) electrons. The molecule has 0 amide bonds. The number of aliphatic carboxylic acids is 1. The van der Waals surface area contributed by atoms with E-state index in [1.807, 2.05) is 0 Å². The van der Waals surface area contributed by atoms with Gasteiger partial charge in [-0.2, -0.15) is 0 Å². The Balaban J connectivity index is 2.75. The first-order valence-corrected chi connectivity index (χ1v) is 9.81. The second-order valence-electron chi connectivity index (χ2n) is 7.02. The Morgan fingerprint density at radius 1 is 1.04 bits per heavy atom. The third-order valence-corrected chi connectivity index (χ3v) is 4.58. The zero-order valence-corrected chi connectivity index (χ0v) is 16.3. The summed E-state index contributed by atoms with van der Waals surface area (Å²) in [6, 6.07) is 0. The molecule has 1 aliphatic rings. The van der Waals surface area contributed by atoms with Crippen molar-refractivity contribution >= 4 is 23.7 Å². The van der Waals surface area contributed by atoms with E-state index < -0.39 is 42.0 Å². The van der Waals surface area contributed by atoms with Crippen molar-refractivity contribution in [3.05, 3.63) is 12.2 Å². The molecule has 8 nitrogen and oxygen atoms in total. The number of ketones is 1. The third-order valence-electron chi connectivity index (χ3n) is 4.58. The van der Waals surface area contributed by atoms with E-state index in [4.69, 9.17) is 14.6 Å². The lowest BCUT2D eigenvalue weighted by molar-refractivity contribution is -0.155. The van der Waals surface area contributed by atoms with E-state index in [2.05, 4.69) is 0 Å². The summed E-state index contributed by atoms with van der Waals surface area (Å²) >= 11 is 0. The molecule has 0 fully saturated rings. The molecule has 0 saturated heterocycles. The van der Waals surface area contributed by atoms with Gasteiger partial charge < -0.3 is 19.7 Å². The average Bonchev–Trinajstić information content (AvgIpc) is 2.64. The number of carbonyl (C=O) groups excluding carboxylic acids is 3. The number of rotatable bonds is 4. The number of hydrogen-bond donors (Lipinski definition) is 2. The van der Waals surface area contributed by atoms with Crippen molar-refractivity contribution in [3.8, 4) is 0 Å². The van der Waals surface area contributed by atoms with Crippen LogP contribution in [-0.2, 0) is 28.7 Å². The summed E-state index contributed by atoms with van der Waals surface area (Å²) in [5.74, 6) is -3.20. The molecular weight excluding hydrogens is 368 g/mol. The fourth-order valence-electron chi connectivity index (χ4n) is 2.87. The van der Waals surface area contributed by atoms with Crippen LogP contribution < -0.4 is 0 Å². The highest BCUT2D eigenvalue weighted by molar-refractivity contribution is 5.99. The summed E-state index contributed by atoms with van der Waals surface area (Å²) in [7, 11) is 0. The second kappa shape index (κ2) is 13.0. The van der Waals surface area contributed by atoms with Gasteiger partial charge in [-0.15, -0.1) is 0 Å². The molecule has 3 atom stereocenters. The van der Waals surface area contributed by atoms with Crippen molar-refractivity contribution in [1.82, 2.24) is 0 Å². The van der Waals surface area contributed by atoms with Gasteiger partial charge in [-0.25, -0.2) is 4.79 Å². The molecular formula is C20H30O8. The molecule has 2 N–H and O–H groups in total. The summed E-state index contributed by atoms with van der Waals surface area (Å²) in [5, 5.41) is 18.7. The van der Waals surface area contributed by atoms with Crippen LogP contribution in [0.25, 0.3) is 0 Å². The molecule has 158 valence electrons.